The van der Waals surface area contributed by atoms with E-state index in [-0.39, 0.29) is 10.1 Å². The molecule has 1 aliphatic heterocycles. The Bertz CT molecular complexity index is 1110. The second kappa shape index (κ2) is 8.02. The average molecular weight is 494 g/mol. The lowest BCUT2D eigenvalue weighted by Gasteiger charge is -2.22. The molecule has 1 N–H and O–H groups in total. The quantitative estimate of drug-likeness (QED) is 0.540. The Balaban J connectivity index is 1.51. The molecule has 1 unspecified atom stereocenters. The first kappa shape index (κ1) is 20.3. The third-order valence-electron chi connectivity index (χ3n) is 4.23. The molecule has 6 nitrogen and oxygen atoms in total. The molecule has 1 fully saturated rings. The van der Waals surface area contributed by atoms with E-state index >= 15 is 0 Å². The highest BCUT2D eigenvalue weighted by atomic mass is 35.5. The number of nitrogens with one attached hydrogen (secondary N) is 1. The van der Waals surface area contributed by atoms with E-state index in [1.165, 1.54) is 27.0 Å². The summed E-state index contributed by atoms with van der Waals surface area (Å²) >= 11 is 15.8. The molecule has 3 aromatic rings. The van der Waals surface area contributed by atoms with Crippen LogP contribution in [-0.2, 0) is 14.8 Å². The molecular weight excluding hydrogens is 481 g/mol. The zero-order valence-corrected chi connectivity index (χ0v) is 18.9. The molecule has 4 heterocycles. The van der Waals surface area contributed by atoms with Gasteiger partial charge < -0.3 is 5.32 Å². The Kier molecular flexibility index (Phi) is 5.81. The van der Waals surface area contributed by atoms with Gasteiger partial charge in [0, 0.05) is 17.5 Å². The van der Waals surface area contributed by atoms with Crippen LogP contribution in [0.3, 0.4) is 0 Å². The highest BCUT2D eigenvalue weighted by Crippen LogP contribution is 2.39. The number of aromatic nitrogens is 1. The minimum Gasteiger partial charge on any atom is -0.301 e. The largest absolute Gasteiger partial charge is 0.301 e. The maximum atomic E-state index is 12.8. The maximum absolute atomic E-state index is 12.8. The van der Waals surface area contributed by atoms with Crippen molar-refractivity contribution in [2.45, 2.75) is 23.1 Å². The van der Waals surface area contributed by atoms with Crippen molar-refractivity contribution in [3.8, 4) is 11.3 Å². The topological polar surface area (TPSA) is 79.4 Å². The zero-order chi connectivity index (χ0) is 19.9. The SMILES string of the molecule is O=C(Nc1nc(-c2cc(Cl)sc2Cl)cs1)C1CCCN1S(=O)(=O)c1cccs1. The Morgan fingerprint density at radius 2 is 2.14 bits per heavy atom. The van der Waals surface area contributed by atoms with Gasteiger partial charge in [-0.05, 0) is 30.4 Å². The van der Waals surface area contributed by atoms with Crippen LogP contribution in [0.25, 0.3) is 11.3 Å². The van der Waals surface area contributed by atoms with Gasteiger partial charge >= 0.3 is 0 Å². The summed E-state index contributed by atoms with van der Waals surface area (Å²) in [6, 6.07) is 4.21. The first-order valence-electron chi connectivity index (χ1n) is 8.13. The van der Waals surface area contributed by atoms with Crippen molar-refractivity contribution in [3.63, 3.8) is 0 Å². The minimum atomic E-state index is -3.68. The molecule has 1 aliphatic rings. The molecule has 1 saturated heterocycles. The van der Waals surface area contributed by atoms with Gasteiger partial charge in [-0.25, -0.2) is 13.4 Å². The molecule has 0 bridgehead atoms. The molecule has 0 radical (unpaired) electrons. The number of nitrogens with zero attached hydrogens (tertiary/aromatic N) is 2. The fraction of sp³-hybridized carbons (Fsp3) is 0.250. The second-order valence-corrected chi connectivity index (χ2v) is 12.2. The molecule has 148 valence electrons. The van der Waals surface area contributed by atoms with Crippen LogP contribution in [0, 0.1) is 0 Å². The molecule has 3 aromatic heterocycles. The van der Waals surface area contributed by atoms with Crippen molar-refractivity contribution in [2.75, 3.05) is 11.9 Å². The summed E-state index contributed by atoms with van der Waals surface area (Å²) in [4.78, 5) is 17.2. The van der Waals surface area contributed by atoms with Crippen molar-refractivity contribution in [1.29, 1.82) is 0 Å². The standard InChI is InChI=1S/C16H13Cl2N3O3S4/c17-12-7-9(14(18)27-12)10-8-26-16(19-10)20-15(22)11-3-1-5-21(11)28(23,24)13-4-2-6-25-13/h2,4,6-8,11H,1,3,5H2,(H,19,20,22). The van der Waals surface area contributed by atoms with Gasteiger partial charge in [0.1, 0.15) is 14.6 Å². The predicted molar refractivity (Wildman–Crippen MR) is 115 cm³/mol. The number of amides is 1. The number of thiophene rings is 2. The molecule has 12 heteroatoms. The number of hydrogen-bond donors (Lipinski definition) is 1. The lowest BCUT2D eigenvalue weighted by Crippen LogP contribution is -2.42. The summed E-state index contributed by atoms with van der Waals surface area (Å²) in [6.07, 6.45) is 1.11. The van der Waals surface area contributed by atoms with Gasteiger partial charge in [-0.15, -0.1) is 34.0 Å². The first-order valence-corrected chi connectivity index (χ1v) is 12.9. The van der Waals surface area contributed by atoms with Gasteiger partial charge in [0.15, 0.2) is 5.13 Å². The second-order valence-electron chi connectivity index (χ2n) is 5.97. The highest BCUT2D eigenvalue weighted by Gasteiger charge is 2.40. The molecule has 0 saturated carbocycles. The van der Waals surface area contributed by atoms with E-state index in [4.69, 9.17) is 23.2 Å². The van der Waals surface area contributed by atoms with Crippen molar-refractivity contribution in [2.24, 2.45) is 0 Å². The van der Waals surface area contributed by atoms with Crippen molar-refractivity contribution >= 4 is 78.3 Å². The molecule has 0 spiro atoms. The number of hydrogen-bond acceptors (Lipinski definition) is 7. The van der Waals surface area contributed by atoms with Gasteiger partial charge in [0.2, 0.25) is 5.91 Å². The fourth-order valence-corrected chi connectivity index (χ4v) is 7.94. The average Bonchev–Trinajstić information content (AvgIpc) is 3.42. The number of carbonyl (C=O) groups is 1. The fourth-order valence-electron chi connectivity index (χ4n) is 2.97. The summed E-state index contributed by atoms with van der Waals surface area (Å²) in [7, 11) is -3.68. The summed E-state index contributed by atoms with van der Waals surface area (Å²) in [5.74, 6) is -0.382. The minimum absolute atomic E-state index is 0.243. The number of thiazole rings is 1. The normalized spacial score (nSPS) is 17.9. The Hall–Kier alpha value is -1.01. The van der Waals surface area contributed by atoms with E-state index in [0.717, 1.165) is 11.3 Å². The smallest absolute Gasteiger partial charge is 0.253 e. The summed E-state index contributed by atoms with van der Waals surface area (Å²) in [5, 5.41) is 6.61. The third-order valence-corrected chi connectivity index (χ3v) is 9.76. The first-order chi connectivity index (χ1) is 13.4. The number of sulfonamides is 1. The van der Waals surface area contributed by atoms with E-state index in [1.807, 2.05) is 0 Å². The molecule has 0 aliphatic carbocycles. The van der Waals surface area contributed by atoms with Crippen LogP contribution < -0.4 is 5.32 Å². The Morgan fingerprint density at radius 1 is 1.32 bits per heavy atom. The number of halogens is 2. The van der Waals surface area contributed by atoms with E-state index in [1.54, 1.807) is 29.0 Å². The van der Waals surface area contributed by atoms with Crippen LogP contribution in [0.4, 0.5) is 5.13 Å². The van der Waals surface area contributed by atoms with Gasteiger partial charge in [-0.2, -0.15) is 4.31 Å². The zero-order valence-electron chi connectivity index (χ0n) is 14.1. The van der Waals surface area contributed by atoms with Crippen molar-refractivity contribution in [1.82, 2.24) is 9.29 Å². The van der Waals surface area contributed by atoms with Gasteiger partial charge in [-0.1, -0.05) is 29.3 Å². The predicted octanol–water partition coefficient (Wildman–Crippen LogP) is 5.03. The van der Waals surface area contributed by atoms with E-state index in [2.05, 4.69) is 10.3 Å². The van der Waals surface area contributed by atoms with Crippen molar-refractivity contribution < 1.29 is 13.2 Å². The van der Waals surface area contributed by atoms with E-state index < -0.39 is 16.1 Å². The van der Waals surface area contributed by atoms with Gasteiger partial charge in [0.25, 0.3) is 10.0 Å². The van der Waals surface area contributed by atoms with Crippen LogP contribution >= 0.6 is 57.2 Å². The summed E-state index contributed by atoms with van der Waals surface area (Å²) < 4.78 is 28.2. The van der Waals surface area contributed by atoms with E-state index in [0.29, 0.717) is 44.4 Å². The lowest BCUT2D eigenvalue weighted by atomic mass is 10.2. The number of rotatable bonds is 5. The van der Waals surface area contributed by atoms with Crippen LogP contribution in [0.5, 0.6) is 0 Å². The monoisotopic (exact) mass is 493 g/mol. The molecule has 1 amide bonds. The molecule has 0 aromatic carbocycles. The number of carbonyl (C=O) groups excluding carboxylic acids is 1. The van der Waals surface area contributed by atoms with Gasteiger partial charge in [0.05, 0.1) is 10.0 Å². The van der Waals surface area contributed by atoms with E-state index in [9.17, 15) is 13.2 Å². The van der Waals surface area contributed by atoms with Crippen molar-refractivity contribution in [3.05, 3.63) is 37.6 Å². The summed E-state index contributed by atoms with van der Waals surface area (Å²) in [5.41, 5.74) is 1.32. The van der Waals surface area contributed by atoms with Crippen LogP contribution in [0.15, 0.2) is 33.2 Å². The molecular formula is C16H13Cl2N3O3S4. The Labute approximate surface area is 183 Å². The molecule has 28 heavy (non-hydrogen) atoms. The van der Waals surface area contributed by atoms with Gasteiger partial charge in [-0.3, -0.25) is 4.79 Å². The maximum Gasteiger partial charge on any atom is 0.253 e. The van der Waals surface area contributed by atoms with Crippen LogP contribution in [0.2, 0.25) is 8.67 Å². The lowest BCUT2D eigenvalue weighted by molar-refractivity contribution is -0.119. The number of anilines is 1. The molecule has 1 atom stereocenters. The van der Waals surface area contributed by atoms with Crippen LogP contribution in [-0.4, -0.2) is 36.2 Å². The third kappa shape index (κ3) is 3.87. The Morgan fingerprint density at radius 3 is 2.82 bits per heavy atom. The van der Waals surface area contributed by atoms with Crippen LogP contribution in [0.1, 0.15) is 12.8 Å². The summed E-state index contributed by atoms with van der Waals surface area (Å²) in [6.45, 7) is 0.324. The molecule has 4 rings (SSSR count). The highest BCUT2D eigenvalue weighted by molar-refractivity contribution is 7.91.